The fourth-order valence-electron chi connectivity index (χ4n) is 3.29. The number of ketones is 1. The Kier molecular flexibility index (Phi) is 6.94. The van der Waals surface area contributed by atoms with Gasteiger partial charge in [-0.2, -0.15) is 0 Å². The molecule has 0 unspecified atom stereocenters. The Morgan fingerprint density at radius 1 is 1.03 bits per heavy atom. The Balaban J connectivity index is 1.65. The summed E-state index contributed by atoms with van der Waals surface area (Å²) in [5.41, 5.74) is 4.75. The summed E-state index contributed by atoms with van der Waals surface area (Å²) >= 11 is 1.51. The lowest BCUT2D eigenvalue weighted by molar-refractivity contribution is -0.116. The number of benzene rings is 2. The number of aromatic nitrogens is 1. The van der Waals surface area contributed by atoms with E-state index in [1.54, 1.807) is 0 Å². The van der Waals surface area contributed by atoms with Crippen LogP contribution in [0.3, 0.4) is 0 Å². The molecule has 0 fully saturated rings. The molecule has 1 aromatic heterocycles. The van der Waals surface area contributed by atoms with Gasteiger partial charge >= 0.3 is 0 Å². The number of Topliss-reactive ketones (excluding diaryl/α,β-unsaturated/α-hetero) is 1. The molecule has 3 rings (SSSR count). The lowest BCUT2D eigenvalue weighted by Crippen LogP contribution is -2.13. The third-order valence-corrected chi connectivity index (χ3v) is 5.76. The van der Waals surface area contributed by atoms with Crippen LogP contribution in [0, 0.1) is 13.8 Å². The van der Waals surface area contributed by atoms with Crippen molar-refractivity contribution in [1.29, 1.82) is 0 Å². The number of carbonyl (C=O) groups excluding carboxylic acids is 2. The van der Waals surface area contributed by atoms with Gasteiger partial charge in [0.25, 0.3) is 0 Å². The molecule has 5 heteroatoms. The first-order valence-corrected chi connectivity index (χ1v) is 10.7. The van der Waals surface area contributed by atoms with E-state index in [-0.39, 0.29) is 24.5 Å². The quantitative estimate of drug-likeness (QED) is 0.468. The van der Waals surface area contributed by atoms with Gasteiger partial charge in [-0.3, -0.25) is 9.59 Å². The summed E-state index contributed by atoms with van der Waals surface area (Å²) in [4.78, 5) is 30.7. The van der Waals surface area contributed by atoms with E-state index in [1.165, 1.54) is 16.2 Å². The van der Waals surface area contributed by atoms with Crippen LogP contribution in [0.25, 0.3) is 11.3 Å². The second-order valence-electron chi connectivity index (χ2n) is 7.20. The largest absolute Gasteiger partial charge is 0.302 e. The van der Waals surface area contributed by atoms with Crippen molar-refractivity contribution in [3.05, 3.63) is 70.1 Å². The third-order valence-electron chi connectivity index (χ3n) is 4.73. The van der Waals surface area contributed by atoms with Crippen LogP contribution in [0.2, 0.25) is 0 Å². The molecule has 2 aromatic carbocycles. The molecule has 0 saturated heterocycles. The van der Waals surface area contributed by atoms with Gasteiger partial charge in [-0.15, -0.1) is 11.3 Å². The molecule has 1 heterocycles. The average molecular weight is 407 g/mol. The van der Waals surface area contributed by atoms with Gasteiger partial charge in [-0.1, -0.05) is 67.4 Å². The molecule has 4 nitrogen and oxygen atoms in total. The zero-order valence-corrected chi connectivity index (χ0v) is 17.9. The van der Waals surface area contributed by atoms with Crippen molar-refractivity contribution >= 4 is 28.2 Å². The predicted molar refractivity (Wildman–Crippen MR) is 120 cm³/mol. The van der Waals surface area contributed by atoms with Crippen LogP contribution < -0.4 is 5.32 Å². The standard InChI is InChI=1S/C24H26N2O2S/c1-4-8-21-23(18-9-6-5-7-10-18)26-24(29-21)25-22(28)14-13-20(27)19-12-11-16(2)15-17(19)3/h5-7,9-12,15H,4,8,13-14H2,1-3H3,(H,25,26,28). The number of hydrogen-bond acceptors (Lipinski definition) is 4. The normalized spacial score (nSPS) is 10.7. The molecular weight excluding hydrogens is 380 g/mol. The van der Waals surface area contributed by atoms with Crippen molar-refractivity contribution in [3.8, 4) is 11.3 Å². The van der Waals surface area contributed by atoms with Crippen molar-refractivity contribution in [2.75, 3.05) is 5.32 Å². The first-order valence-electron chi connectivity index (χ1n) is 9.93. The molecule has 0 aliphatic heterocycles. The number of carbonyl (C=O) groups is 2. The summed E-state index contributed by atoms with van der Waals surface area (Å²) < 4.78 is 0. The van der Waals surface area contributed by atoms with Gasteiger partial charge in [-0.05, 0) is 25.8 Å². The number of thiazole rings is 1. The van der Waals surface area contributed by atoms with Gasteiger partial charge in [0.15, 0.2) is 10.9 Å². The van der Waals surface area contributed by atoms with E-state index in [1.807, 2.05) is 62.4 Å². The van der Waals surface area contributed by atoms with Crippen molar-refractivity contribution in [1.82, 2.24) is 4.98 Å². The smallest absolute Gasteiger partial charge is 0.226 e. The van der Waals surface area contributed by atoms with Crippen LogP contribution >= 0.6 is 11.3 Å². The summed E-state index contributed by atoms with van der Waals surface area (Å²) in [6, 6.07) is 15.8. The zero-order chi connectivity index (χ0) is 20.8. The van der Waals surface area contributed by atoms with E-state index in [0.29, 0.717) is 10.7 Å². The summed E-state index contributed by atoms with van der Waals surface area (Å²) in [7, 11) is 0. The second-order valence-corrected chi connectivity index (χ2v) is 8.28. The van der Waals surface area contributed by atoms with Crippen LogP contribution in [0.1, 0.15) is 52.5 Å². The Morgan fingerprint density at radius 3 is 2.48 bits per heavy atom. The van der Waals surface area contributed by atoms with Crippen LogP contribution in [0.15, 0.2) is 48.5 Å². The predicted octanol–water partition coefficient (Wildman–Crippen LogP) is 5.98. The van der Waals surface area contributed by atoms with Gasteiger partial charge in [-0.25, -0.2) is 4.98 Å². The highest BCUT2D eigenvalue weighted by atomic mass is 32.1. The SMILES string of the molecule is CCCc1sc(NC(=O)CCC(=O)c2ccc(C)cc2C)nc1-c1ccccc1. The maximum atomic E-state index is 12.5. The lowest BCUT2D eigenvalue weighted by Gasteiger charge is -2.06. The van der Waals surface area contributed by atoms with Gasteiger partial charge in [0.2, 0.25) is 5.91 Å². The molecular formula is C24H26N2O2S. The molecule has 0 saturated carbocycles. The van der Waals surface area contributed by atoms with Crippen molar-refractivity contribution in [2.45, 2.75) is 46.5 Å². The first-order chi connectivity index (χ1) is 14.0. The third kappa shape index (κ3) is 5.39. The Bertz CT molecular complexity index is 1010. The van der Waals surface area contributed by atoms with E-state index < -0.39 is 0 Å². The minimum Gasteiger partial charge on any atom is -0.302 e. The summed E-state index contributed by atoms with van der Waals surface area (Å²) in [5.74, 6) is -0.187. The molecule has 0 atom stereocenters. The fourth-order valence-corrected chi connectivity index (χ4v) is 4.39. The molecule has 150 valence electrons. The molecule has 1 amide bonds. The maximum absolute atomic E-state index is 12.5. The average Bonchev–Trinajstić information content (AvgIpc) is 3.09. The molecule has 0 bridgehead atoms. The van der Waals surface area contributed by atoms with E-state index in [0.717, 1.165) is 35.2 Å². The van der Waals surface area contributed by atoms with Gasteiger partial charge < -0.3 is 5.32 Å². The molecule has 3 aromatic rings. The van der Waals surface area contributed by atoms with Crippen LogP contribution in [0.4, 0.5) is 5.13 Å². The first kappa shape index (κ1) is 20.9. The number of rotatable bonds is 8. The number of aryl methyl sites for hydroxylation is 3. The topological polar surface area (TPSA) is 59.1 Å². The summed E-state index contributed by atoms with van der Waals surface area (Å²) in [6.07, 6.45) is 2.27. The number of anilines is 1. The number of hydrogen-bond donors (Lipinski definition) is 1. The fraction of sp³-hybridized carbons (Fsp3) is 0.292. The zero-order valence-electron chi connectivity index (χ0n) is 17.1. The molecule has 0 spiro atoms. The Morgan fingerprint density at radius 2 is 1.79 bits per heavy atom. The highest BCUT2D eigenvalue weighted by Gasteiger charge is 2.16. The number of nitrogens with one attached hydrogen (secondary N) is 1. The van der Waals surface area contributed by atoms with Gasteiger partial charge in [0.1, 0.15) is 0 Å². The molecule has 0 aliphatic rings. The molecule has 1 N–H and O–H groups in total. The van der Waals surface area contributed by atoms with Crippen LogP contribution in [0.5, 0.6) is 0 Å². The monoisotopic (exact) mass is 406 g/mol. The van der Waals surface area contributed by atoms with Crippen molar-refractivity contribution < 1.29 is 9.59 Å². The molecule has 0 radical (unpaired) electrons. The van der Waals surface area contributed by atoms with Gasteiger partial charge in [0, 0.05) is 28.8 Å². The second kappa shape index (κ2) is 9.61. The Labute approximate surface area is 176 Å². The number of amides is 1. The molecule has 29 heavy (non-hydrogen) atoms. The molecule has 0 aliphatic carbocycles. The van der Waals surface area contributed by atoms with E-state index in [9.17, 15) is 9.59 Å². The van der Waals surface area contributed by atoms with Gasteiger partial charge in [0.05, 0.1) is 5.69 Å². The minimum atomic E-state index is -0.181. The lowest BCUT2D eigenvalue weighted by atomic mass is 9.99. The highest BCUT2D eigenvalue weighted by molar-refractivity contribution is 7.16. The van der Waals surface area contributed by atoms with Crippen molar-refractivity contribution in [3.63, 3.8) is 0 Å². The van der Waals surface area contributed by atoms with Crippen LogP contribution in [-0.2, 0) is 11.2 Å². The maximum Gasteiger partial charge on any atom is 0.226 e. The van der Waals surface area contributed by atoms with E-state index in [4.69, 9.17) is 0 Å². The number of nitrogens with zero attached hydrogens (tertiary/aromatic N) is 1. The Hall–Kier alpha value is -2.79. The summed E-state index contributed by atoms with van der Waals surface area (Å²) in [6.45, 7) is 6.06. The van der Waals surface area contributed by atoms with E-state index in [2.05, 4.69) is 17.2 Å². The van der Waals surface area contributed by atoms with Crippen LogP contribution in [-0.4, -0.2) is 16.7 Å². The van der Waals surface area contributed by atoms with E-state index >= 15 is 0 Å². The summed E-state index contributed by atoms with van der Waals surface area (Å²) in [5, 5.41) is 3.47. The minimum absolute atomic E-state index is 0.00608. The highest BCUT2D eigenvalue weighted by Crippen LogP contribution is 2.32. The van der Waals surface area contributed by atoms with Crippen molar-refractivity contribution in [2.24, 2.45) is 0 Å².